The van der Waals surface area contributed by atoms with Crippen LogP contribution < -0.4 is 0 Å². The van der Waals surface area contributed by atoms with Gasteiger partial charge in [0.05, 0.1) is 6.42 Å². The lowest BCUT2D eigenvalue weighted by Crippen LogP contribution is -2.55. The molecule has 1 aromatic carbocycles. The number of rotatable bonds is 4. The van der Waals surface area contributed by atoms with Gasteiger partial charge in [0.25, 0.3) is 5.89 Å². The van der Waals surface area contributed by atoms with E-state index < -0.39 is 0 Å². The molecule has 0 N–H and O–H groups in total. The first-order valence-corrected chi connectivity index (χ1v) is 8.95. The summed E-state index contributed by atoms with van der Waals surface area (Å²) in [6, 6.07) is 7.77. The van der Waals surface area contributed by atoms with E-state index in [0.29, 0.717) is 37.8 Å². The van der Waals surface area contributed by atoms with Crippen LogP contribution in [0.5, 0.6) is 0 Å². The van der Waals surface area contributed by atoms with Gasteiger partial charge in [0.2, 0.25) is 11.8 Å². The highest BCUT2D eigenvalue weighted by atomic mass is 16.5. The first-order valence-electron chi connectivity index (χ1n) is 8.95. The molecule has 0 aliphatic carbocycles. The summed E-state index contributed by atoms with van der Waals surface area (Å²) in [5.41, 5.74) is 1.92. The Kier molecular flexibility index (Phi) is 5.35. The fourth-order valence-electron chi connectivity index (χ4n) is 3.25. The lowest BCUT2D eigenvalue weighted by Gasteiger charge is -2.39. The second kappa shape index (κ2) is 7.68. The number of aromatic nitrogens is 2. The van der Waals surface area contributed by atoms with Crippen molar-refractivity contribution in [1.82, 2.24) is 19.9 Å². The molecular weight excluding hydrogens is 332 g/mol. The maximum atomic E-state index is 12.6. The van der Waals surface area contributed by atoms with Gasteiger partial charge >= 0.3 is 0 Å². The van der Waals surface area contributed by atoms with Crippen LogP contribution >= 0.6 is 0 Å². The summed E-state index contributed by atoms with van der Waals surface area (Å²) in [5, 5.41) is 3.95. The average molecular weight is 356 g/mol. The van der Waals surface area contributed by atoms with Crippen molar-refractivity contribution in [1.29, 1.82) is 0 Å². The van der Waals surface area contributed by atoms with Crippen LogP contribution in [0, 0.1) is 6.92 Å². The summed E-state index contributed by atoms with van der Waals surface area (Å²) < 4.78 is 5.32. The number of hydrogen-bond acceptors (Lipinski definition) is 5. The second-order valence-corrected chi connectivity index (χ2v) is 6.64. The maximum absolute atomic E-state index is 12.6. The van der Waals surface area contributed by atoms with Crippen LogP contribution in [-0.2, 0) is 16.0 Å². The third-order valence-corrected chi connectivity index (χ3v) is 4.76. The maximum Gasteiger partial charge on any atom is 0.258 e. The van der Waals surface area contributed by atoms with Gasteiger partial charge in [0.15, 0.2) is 5.82 Å². The lowest BCUT2D eigenvalue weighted by molar-refractivity contribution is -0.142. The van der Waals surface area contributed by atoms with Gasteiger partial charge in [-0.25, -0.2) is 0 Å². The van der Waals surface area contributed by atoms with E-state index in [1.165, 1.54) is 0 Å². The standard InChI is InChI=1S/C19H24N4O3/c1-4-17(24)23-10-9-22(12-14(23)3)18(25)11-16-20-19(26-21-16)15-8-6-5-7-13(15)2/h5-8,14H,4,9-12H2,1-3H3/t14-/m1/s1. The van der Waals surface area contributed by atoms with Crippen LogP contribution in [0.3, 0.4) is 0 Å². The van der Waals surface area contributed by atoms with E-state index in [1.807, 2.05) is 49.9 Å². The quantitative estimate of drug-likeness (QED) is 0.838. The Labute approximate surface area is 153 Å². The van der Waals surface area contributed by atoms with Gasteiger partial charge in [-0.1, -0.05) is 30.3 Å². The SMILES string of the molecule is CCC(=O)N1CCN(C(=O)Cc2noc(-c3ccccc3C)n2)C[C@H]1C. The number of nitrogens with zero attached hydrogens (tertiary/aromatic N) is 4. The summed E-state index contributed by atoms with van der Waals surface area (Å²) in [4.78, 5) is 32.4. The molecular formula is C19H24N4O3. The van der Waals surface area contributed by atoms with Crippen molar-refractivity contribution in [2.45, 2.75) is 39.7 Å². The number of benzene rings is 1. The molecule has 0 spiro atoms. The first-order chi connectivity index (χ1) is 12.5. The normalized spacial score (nSPS) is 17.4. The van der Waals surface area contributed by atoms with Gasteiger partial charge in [0, 0.05) is 37.7 Å². The molecule has 0 saturated carbocycles. The second-order valence-electron chi connectivity index (χ2n) is 6.64. The zero-order valence-corrected chi connectivity index (χ0v) is 15.4. The first kappa shape index (κ1) is 18.1. The highest BCUT2D eigenvalue weighted by Crippen LogP contribution is 2.21. The van der Waals surface area contributed by atoms with Crippen LogP contribution in [-0.4, -0.2) is 57.4 Å². The van der Waals surface area contributed by atoms with E-state index in [2.05, 4.69) is 10.1 Å². The smallest absolute Gasteiger partial charge is 0.258 e. The zero-order valence-electron chi connectivity index (χ0n) is 15.4. The highest BCUT2D eigenvalue weighted by molar-refractivity contribution is 5.79. The van der Waals surface area contributed by atoms with Crippen molar-refractivity contribution in [2.24, 2.45) is 0 Å². The predicted molar refractivity (Wildman–Crippen MR) is 96.2 cm³/mol. The minimum Gasteiger partial charge on any atom is -0.338 e. The van der Waals surface area contributed by atoms with E-state index >= 15 is 0 Å². The van der Waals surface area contributed by atoms with Crippen LogP contribution in [0.2, 0.25) is 0 Å². The molecule has 138 valence electrons. The number of carbonyl (C=O) groups is 2. The number of amides is 2. The summed E-state index contributed by atoms with van der Waals surface area (Å²) >= 11 is 0. The molecule has 1 aromatic heterocycles. The van der Waals surface area contributed by atoms with Crippen molar-refractivity contribution in [3.05, 3.63) is 35.7 Å². The van der Waals surface area contributed by atoms with E-state index in [-0.39, 0.29) is 24.3 Å². The molecule has 2 heterocycles. The van der Waals surface area contributed by atoms with Gasteiger partial charge in [-0.3, -0.25) is 9.59 Å². The van der Waals surface area contributed by atoms with Crippen molar-refractivity contribution >= 4 is 11.8 Å². The Hall–Kier alpha value is -2.70. The summed E-state index contributed by atoms with van der Waals surface area (Å²) in [6.45, 7) is 7.44. The molecule has 0 bridgehead atoms. The number of carbonyl (C=O) groups excluding carboxylic acids is 2. The zero-order chi connectivity index (χ0) is 18.7. The predicted octanol–water partition coefficient (Wildman–Crippen LogP) is 2.06. The average Bonchev–Trinajstić information content (AvgIpc) is 3.09. The minimum absolute atomic E-state index is 0.0212. The Bertz CT molecular complexity index is 802. The number of piperazine rings is 1. The molecule has 0 unspecified atom stereocenters. The third kappa shape index (κ3) is 3.76. The number of aryl methyl sites for hydroxylation is 1. The molecule has 2 amide bonds. The van der Waals surface area contributed by atoms with Crippen molar-refractivity contribution in [3.63, 3.8) is 0 Å². The molecule has 1 saturated heterocycles. The van der Waals surface area contributed by atoms with Gasteiger partial charge in [-0.05, 0) is 25.5 Å². The molecule has 7 heteroatoms. The highest BCUT2D eigenvalue weighted by Gasteiger charge is 2.29. The molecule has 1 aliphatic heterocycles. The molecule has 3 rings (SSSR count). The molecule has 2 aromatic rings. The monoisotopic (exact) mass is 356 g/mol. The van der Waals surface area contributed by atoms with E-state index in [9.17, 15) is 9.59 Å². The molecule has 1 fully saturated rings. The minimum atomic E-state index is -0.0439. The Morgan fingerprint density at radius 3 is 2.69 bits per heavy atom. The molecule has 0 radical (unpaired) electrons. The van der Waals surface area contributed by atoms with Crippen LogP contribution in [0.4, 0.5) is 0 Å². The molecule has 26 heavy (non-hydrogen) atoms. The summed E-state index contributed by atoms with van der Waals surface area (Å²) in [6.07, 6.45) is 0.590. The lowest BCUT2D eigenvalue weighted by atomic mass is 10.1. The van der Waals surface area contributed by atoms with E-state index in [4.69, 9.17) is 4.52 Å². The van der Waals surface area contributed by atoms with E-state index in [1.54, 1.807) is 4.90 Å². The van der Waals surface area contributed by atoms with Gasteiger partial charge in [0.1, 0.15) is 0 Å². The van der Waals surface area contributed by atoms with Gasteiger partial charge in [-0.15, -0.1) is 0 Å². The van der Waals surface area contributed by atoms with Crippen LogP contribution in [0.1, 0.15) is 31.7 Å². The third-order valence-electron chi connectivity index (χ3n) is 4.76. The Morgan fingerprint density at radius 1 is 1.23 bits per heavy atom. The fraction of sp³-hybridized carbons (Fsp3) is 0.474. The summed E-state index contributed by atoms with van der Waals surface area (Å²) in [5.74, 6) is 0.897. The van der Waals surface area contributed by atoms with Crippen molar-refractivity contribution in [2.75, 3.05) is 19.6 Å². The van der Waals surface area contributed by atoms with Gasteiger partial charge < -0.3 is 14.3 Å². The Balaban J connectivity index is 1.63. The van der Waals surface area contributed by atoms with Crippen LogP contribution in [0.25, 0.3) is 11.5 Å². The van der Waals surface area contributed by atoms with Crippen molar-refractivity contribution < 1.29 is 14.1 Å². The van der Waals surface area contributed by atoms with E-state index in [0.717, 1.165) is 11.1 Å². The fourth-order valence-corrected chi connectivity index (χ4v) is 3.25. The van der Waals surface area contributed by atoms with Gasteiger partial charge in [-0.2, -0.15) is 4.98 Å². The molecule has 7 nitrogen and oxygen atoms in total. The summed E-state index contributed by atoms with van der Waals surface area (Å²) in [7, 11) is 0. The molecule has 1 aliphatic rings. The van der Waals surface area contributed by atoms with Crippen molar-refractivity contribution in [3.8, 4) is 11.5 Å². The topological polar surface area (TPSA) is 79.5 Å². The largest absolute Gasteiger partial charge is 0.338 e. The Morgan fingerprint density at radius 2 is 2.00 bits per heavy atom. The molecule has 1 atom stereocenters. The number of hydrogen-bond donors (Lipinski definition) is 0. The van der Waals surface area contributed by atoms with Crippen LogP contribution in [0.15, 0.2) is 28.8 Å².